The fourth-order valence-electron chi connectivity index (χ4n) is 2.88. The molecule has 32 heavy (non-hydrogen) atoms. The van der Waals surface area contributed by atoms with Gasteiger partial charge < -0.3 is 29.3 Å². The maximum atomic E-state index is 11.9. The Hall–Kier alpha value is -1.97. The number of phosphoric ester groups is 1. The molecule has 3 N–H and O–H groups in total. The Labute approximate surface area is 188 Å². The lowest BCUT2D eigenvalue weighted by Gasteiger charge is -2.13. The van der Waals surface area contributed by atoms with E-state index >= 15 is 0 Å². The second kappa shape index (κ2) is 15.0. The number of unbranched alkanes of at least 4 members (excludes halogenated alkanes) is 3. The number of alkyl carbamates (subject to hydrolysis) is 1. The lowest BCUT2D eigenvalue weighted by molar-refractivity contribution is -0.139. The van der Waals surface area contributed by atoms with Crippen molar-refractivity contribution >= 4 is 19.9 Å². The van der Waals surface area contributed by atoms with Gasteiger partial charge in [0.05, 0.1) is 6.61 Å². The number of hydrogen-bond acceptors (Lipinski definition) is 7. The zero-order chi connectivity index (χ0) is 24.0. The topological polar surface area (TPSA) is 141 Å². The maximum absolute atomic E-state index is 11.9. The van der Waals surface area contributed by atoms with Crippen LogP contribution in [0.15, 0.2) is 12.1 Å². The van der Waals surface area contributed by atoms with Gasteiger partial charge in [-0.1, -0.05) is 19.8 Å². The number of carbonyl (C=O) groups excluding carboxylic acids is 2. The van der Waals surface area contributed by atoms with Gasteiger partial charge in [0.2, 0.25) is 0 Å². The fraction of sp³-hybridized carbons (Fsp3) is 0.619. The van der Waals surface area contributed by atoms with Gasteiger partial charge in [0.25, 0.3) is 0 Å². The first-order valence-electron chi connectivity index (χ1n) is 10.6. The SMILES string of the molecule is CCCOCC(=O)Oc1c(C)cc(COC(=O)NCCCCCCOP(=O)(O)O)cc1C. The van der Waals surface area contributed by atoms with Crippen LogP contribution in [0.4, 0.5) is 4.79 Å². The van der Waals surface area contributed by atoms with Crippen molar-refractivity contribution in [2.45, 2.75) is 59.5 Å². The minimum atomic E-state index is -4.40. The molecule has 0 saturated carbocycles. The zero-order valence-corrected chi connectivity index (χ0v) is 19.8. The molecule has 1 aromatic carbocycles. The first-order valence-corrected chi connectivity index (χ1v) is 12.1. The fourth-order valence-corrected chi connectivity index (χ4v) is 3.25. The van der Waals surface area contributed by atoms with Crippen LogP contribution in [-0.4, -0.2) is 48.2 Å². The summed E-state index contributed by atoms with van der Waals surface area (Å²) >= 11 is 0. The number of phosphoric acid groups is 1. The maximum Gasteiger partial charge on any atom is 0.469 e. The van der Waals surface area contributed by atoms with E-state index in [9.17, 15) is 14.2 Å². The molecule has 0 aliphatic heterocycles. The lowest BCUT2D eigenvalue weighted by atomic mass is 10.1. The third kappa shape index (κ3) is 12.8. The quantitative estimate of drug-likeness (QED) is 0.150. The molecular formula is C21H34NO9P. The van der Waals surface area contributed by atoms with E-state index in [-0.39, 0.29) is 19.8 Å². The lowest BCUT2D eigenvalue weighted by Crippen LogP contribution is -2.25. The highest BCUT2D eigenvalue weighted by Crippen LogP contribution is 2.35. The molecule has 0 aromatic heterocycles. The number of rotatable bonds is 15. The zero-order valence-electron chi connectivity index (χ0n) is 18.9. The summed E-state index contributed by atoms with van der Waals surface area (Å²) in [5.41, 5.74) is 2.30. The molecule has 0 spiro atoms. The molecule has 10 nitrogen and oxygen atoms in total. The van der Waals surface area contributed by atoms with Crippen molar-refractivity contribution in [1.82, 2.24) is 5.32 Å². The predicted octanol–water partition coefficient (Wildman–Crippen LogP) is 3.53. The van der Waals surface area contributed by atoms with Gasteiger partial charge >= 0.3 is 19.9 Å². The summed E-state index contributed by atoms with van der Waals surface area (Å²) < 4.78 is 30.7. The van der Waals surface area contributed by atoms with E-state index in [4.69, 9.17) is 24.0 Å². The molecule has 182 valence electrons. The highest BCUT2D eigenvalue weighted by Gasteiger charge is 2.13. The molecule has 0 unspecified atom stereocenters. The molecule has 0 heterocycles. The average molecular weight is 475 g/mol. The van der Waals surface area contributed by atoms with Crippen LogP contribution in [0.5, 0.6) is 5.75 Å². The van der Waals surface area contributed by atoms with E-state index < -0.39 is 19.9 Å². The van der Waals surface area contributed by atoms with Gasteiger partial charge in [-0.15, -0.1) is 0 Å². The van der Waals surface area contributed by atoms with Crippen LogP contribution in [0, 0.1) is 13.8 Å². The molecule has 0 aliphatic carbocycles. The molecule has 0 saturated heterocycles. The second-order valence-corrected chi connectivity index (χ2v) is 8.57. The first kappa shape index (κ1) is 28.1. The molecule has 0 fully saturated rings. The van der Waals surface area contributed by atoms with Crippen molar-refractivity contribution in [3.8, 4) is 5.75 Å². The van der Waals surface area contributed by atoms with Crippen molar-refractivity contribution in [2.24, 2.45) is 0 Å². The molecule has 11 heteroatoms. The number of amides is 1. The first-order chi connectivity index (χ1) is 15.1. The largest absolute Gasteiger partial charge is 0.469 e. The number of hydrogen-bond donors (Lipinski definition) is 3. The third-order valence-electron chi connectivity index (χ3n) is 4.27. The van der Waals surface area contributed by atoms with Crippen LogP contribution >= 0.6 is 7.82 Å². The molecule has 0 bridgehead atoms. The predicted molar refractivity (Wildman–Crippen MR) is 117 cm³/mol. The Balaban J connectivity index is 2.29. The summed E-state index contributed by atoms with van der Waals surface area (Å²) in [5, 5.41) is 2.66. The molecule has 1 amide bonds. The Morgan fingerprint density at radius 1 is 1.03 bits per heavy atom. The summed E-state index contributed by atoms with van der Waals surface area (Å²) in [7, 11) is -4.40. The summed E-state index contributed by atoms with van der Waals surface area (Å²) in [6, 6.07) is 3.60. The number of carbonyl (C=O) groups is 2. The highest BCUT2D eigenvalue weighted by atomic mass is 31.2. The van der Waals surface area contributed by atoms with Crippen LogP contribution in [0.1, 0.15) is 55.7 Å². The van der Waals surface area contributed by atoms with Gasteiger partial charge in [-0.05, 0) is 61.9 Å². The number of aryl methyl sites for hydroxylation is 2. The second-order valence-electron chi connectivity index (χ2n) is 7.33. The molecule has 1 aromatic rings. The van der Waals surface area contributed by atoms with Gasteiger partial charge in [-0.2, -0.15) is 0 Å². The Morgan fingerprint density at radius 2 is 1.69 bits per heavy atom. The smallest absolute Gasteiger partial charge is 0.445 e. The van der Waals surface area contributed by atoms with Crippen LogP contribution in [0.3, 0.4) is 0 Å². The van der Waals surface area contributed by atoms with Crippen LogP contribution < -0.4 is 10.1 Å². The minimum absolute atomic E-state index is 0.00318. The number of benzene rings is 1. The van der Waals surface area contributed by atoms with Gasteiger partial charge in [0.15, 0.2) is 0 Å². The number of esters is 1. The van der Waals surface area contributed by atoms with Crippen molar-refractivity contribution in [1.29, 1.82) is 0 Å². The van der Waals surface area contributed by atoms with Gasteiger partial charge in [-0.25, -0.2) is 14.2 Å². The van der Waals surface area contributed by atoms with Crippen LogP contribution in [-0.2, 0) is 30.0 Å². The Kier molecular flexibility index (Phi) is 13.1. The van der Waals surface area contributed by atoms with Gasteiger partial charge in [0.1, 0.15) is 19.0 Å². The van der Waals surface area contributed by atoms with Crippen molar-refractivity contribution < 1.29 is 42.7 Å². The van der Waals surface area contributed by atoms with Crippen molar-refractivity contribution in [2.75, 3.05) is 26.4 Å². The number of nitrogens with one attached hydrogen (secondary N) is 1. The van der Waals surface area contributed by atoms with Crippen LogP contribution in [0.25, 0.3) is 0 Å². The van der Waals surface area contributed by atoms with E-state index in [0.717, 1.165) is 36.0 Å². The standard InChI is InChI=1S/C21H34NO9P/c1-4-10-28-15-19(23)31-20-16(2)12-18(13-17(20)3)14-29-21(24)22-9-7-5-6-8-11-30-32(25,26)27/h12-13H,4-11,14-15H2,1-3H3,(H,22,24)(H2,25,26,27). The Morgan fingerprint density at radius 3 is 2.31 bits per heavy atom. The third-order valence-corrected chi connectivity index (χ3v) is 4.79. The summed E-state index contributed by atoms with van der Waals surface area (Å²) in [6.07, 6.45) is 3.05. The van der Waals surface area contributed by atoms with Crippen LogP contribution in [0.2, 0.25) is 0 Å². The highest BCUT2D eigenvalue weighted by molar-refractivity contribution is 7.46. The summed E-state index contributed by atoms with van der Waals surface area (Å²) in [4.78, 5) is 40.9. The normalized spacial score (nSPS) is 11.3. The van der Waals surface area contributed by atoms with Gasteiger partial charge in [-0.3, -0.25) is 4.52 Å². The monoisotopic (exact) mass is 475 g/mol. The van der Waals surface area contributed by atoms with Gasteiger partial charge in [0, 0.05) is 13.2 Å². The molecular weight excluding hydrogens is 441 g/mol. The minimum Gasteiger partial charge on any atom is -0.445 e. The van der Waals surface area contributed by atoms with Crippen molar-refractivity contribution in [3.63, 3.8) is 0 Å². The molecule has 1 rings (SSSR count). The van der Waals surface area contributed by atoms with E-state index in [1.807, 2.05) is 20.8 Å². The molecule has 0 radical (unpaired) electrons. The summed E-state index contributed by atoms with van der Waals surface area (Å²) in [5.74, 6) is 0.0249. The summed E-state index contributed by atoms with van der Waals surface area (Å²) in [6.45, 7) is 6.51. The Bertz CT molecular complexity index is 756. The van der Waals surface area contributed by atoms with E-state index in [1.54, 1.807) is 12.1 Å². The number of ether oxygens (including phenoxy) is 3. The van der Waals surface area contributed by atoms with Crippen molar-refractivity contribution in [3.05, 3.63) is 28.8 Å². The molecule has 0 atom stereocenters. The average Bonchev–Trinajstić information content (AvgIpc) is 2.70. The van der Waals surface area contributed by atoms with E-state index in [0.29, 0.717) is 31.7 Å². The van der Waals surface area contributed by atoms with E-state index in [2.05, 4.69) is 9.84 Å². The van der Waals surface area contributed by atoms with E-state index in [1.165, 1.54) is 0 Å². The molecule has 0 aliphatic rings.